The molecule has 32 heavy (non-hydrogen) atoms. The molecule has 5 nitrogen and oxygen atoms in total. The van der Waals surface area contributed by atoms with Crippen molar-refractivity contribution in [1.29, 1.82) is 5.26 Å². The third-order valence-electron chi connectivity index (χ3n) is 5.62. The van der Waals surface area contributed by atoms with Gasteiger partial charge in [0.25, 0.3) is 0 Å². The van der Waals surface area contributed by atoms with Crippen LogP contribution in [0.25, 0.3) is 0 Å². The number of benzene rings is 2. The van der Waals surface area contributed by atoms with Gasteiger partial charge < -0.3 is 10.6 Å². The molecule has 1 aliphatic carbocycles. The van der Waals surface area contributed by atoms with Crippen molar-refractivity contribution in [1.82, 2.24) is 5.32 Å². The van der Waals surface area contributed by atoms with Crippen LogP contribution in [0, 0.1) is 18.3 Å². The maximum Gasteiger partial charge on any atom is 0.234 e. The maximum absolute atomic E-state index is 12.9. The molecule has 1 heterocycles. The van der Waals surface area contributed by atoms with E-state index in [2.05, 4.69) is 16.7 Å². The van der Waals surface area contributed by atoms with Crippen LogP contribution in [0.4, 0.5) is 5.69 Å². The lowest BCUT2D eigenvalue weighted by atomic mass is 9.76. The van der Waals surface area contributed by atoms with Gasteiger partial charge in [0.05, 0.1) is 28.3 Å². The standard InChI is InChI=1S/C25H22ClN3O2S/c1-15-6-2-3-9-18(15)23-19(13-27)25(29-20-10-5-11-21(30)24(20)23)32-14-22(31)28-17-8-4-7-16(26)12-17/h2-4,6-9,12,23,29H,5,10-11,14H2,1H3,(H,28,31)/t23-/m1/s1. The Morgan fingerprint density at radius 2 is 2.06 bits per heavy atom. The summed E-state index contributed by atoms with van der Waals surface area (Å²) in [6.45, 7) is 1.99. The lowest BCUT2D eigenvalue weighted by Gasteiger charge is -2.33. The van der Waals surface area contributed by atoms with Crippen LogP contribution in [0.1, 0.15) is 36.3 Å². The summed E-state index contributed by atoms with van der Waals surface area (Å²) in [5.74, 6) is -0.404. The number of amides is 1. The highest BCUT2D eigenvalue weighted by Crippen LogP contribution is 2.44. The zero-order valence-electron chi connectivity index (χ0n) is 17.6. The molecule has 2 aromatic carbocycles. The minimum Gasteiger partial charge on any atom is -0.352 e. The molecule has 0 saturated heterocycles. The maximum atomic E-state index is 12.9. The average Bonchev–Trinajstić information content (AvgIpc) is 2.77. The van der Waals surface area contributed by atoms with E-state index < -0.39 is 5.92 Å². The molecule has 0 saturated carbocycles. The van der Waals surface area contributed by atoms with Crippen LogP contribution in [-0.4, -0.2) is 17.4 Å². The third-order valence-corrected chi connectivity index (χ3v) is 6.87. The molecule has 0 aromatic heterocycles. The second-order valence-electron chi connectivity index (χ2n) is 7.79. The van der Waals surface area contributed by atoms with Gasteiger partial charge in [-0.1, -0.05) is 53.7 Å². The number of carbonyl (C=O) groups excluding carboxylic acids is 2. The Morgan fingerprint density at radius 3 is 2.81 bits per heavy atom. The minimum atomic E-state index is -0.413. The van der Waals surface area contributed by atoms with Gasteiger partial charge in [-0.15, -0.1) is 0 Å². The second-order valence-corrected chi connectivity index (χ2v) is 9.21. The van der Waals surface area contributed by atoms with Gasteiger partial charge in [-0.25, -0.2) is 0 Å². The Kier molecular flexibility index (Phi) is 6.69. The van der Waals surface area contributed by atoms with Gasteiger partial charge in [0.2, 0.25) is 5.91 Å². The van der Waals surface area contributed by atoms with E-state index in [-0.39, 0.29) is 17.4 Å². The SMILES string of the molecule is Cc1ccccc1[C@@H]1C(C#N)=C(SCC(=O)Nc2cccc(Cl)c2)NC2=C1C(=O)CCC2. The van der Waals surface area contributed by atoms with Gasteiger partial charge in [-0.05, 0) is 49.1 Å². The van der Waals surface area contributed by atoms with E-state index in [0.717, 1.165) is 29.7 Å². The highest BCUT2D eigenvalue weighted by molar-refractivity contribution is 8.03. The van der Waals surface area contributed by atoms with Crippen molar-refractivity contribution in [3.8, 4) is 6.07 Å². The fourth-order valence-corrected chi connectivity index (χ4v) is 5.21. The van der Waals surface area contributed by atoms with E-state index in [1.165, 1.54) is 11.8 Å². The van der Waals surface area contributed by atoms with Crippen molar-refractivity contribution in [2.24, 2.45) is 0 Å². The Labute approximate surface area is 196 Å². The van der Waals surface area contributed by atoms with Crippen LogP contribution in [-0.2, 0) is 9.59 Å². The molecule has 7 heteroatoms. The van der Waals surface area contributed by atoms with Crippen LogP contribution in [0.3, 0.4) is 0 Å². The van der Waals surface area contributed by atoms with Gasteiger partial charge in [0.15, 0.2) is 5.78 Å². The largest absolute Gasteiger partial charge is 0.352 e. The number of hydrogen-bond donors (Lipinski definition) is 2. The first-order chi connectivity index (χ1) is 15.5. The predicted molar refractivity (Wildman–Crippen MR) is 128 cm³/mol. The zero-order chi connectivity index (χ0) is 22.7. The van der Waals surface area contributed by atoms with Gasteiger partial charge in [0.1, 0.15) is 0 Å². The molecule has 4 rings (SSSR count). The Hall–Kier alpha value is -3.01. The number of anilines is 1. The lowest BCUT2D eigenvalue weighted by molar-refractivity contribution is -0.116. The Balaban J connectivity index is 1.63. The number of Topliss-reactive ketones (excluding diaryl/α,β-unsaturated/α-hetero) is 1. The van der Waals surface area contributed by atoms with Gasteiger partial charge in [0, 0.05) is 28.4 Å². The zero-order valence-corrected chi connectivity index (χ0v) is 19.1. The van der Waals surface area contributed by atoms with E-state index in [0.29, 0.717) is 33.3 Å². The monoisotopic (exact) mass is 463 g/mol. The minimum absolute atomic E-state index is 0.0857. The highest BCUT2D eigenvalue weighted by Gasteiger charge is 2.37. The number of rotatable bonds is 5. The summed E-state index contributed by atoms with van der Waals surface area (Å²) in [5.41, 5.74) is 4.64. The number of hydrogen-bond acceptors (Lipinski definition) is 5. The molecule has 0 bridgehead atoms. The summed E-state index contributed by atoms with van der Waals surface area (Å²) in [6, 6.07) is 17.1. The molecule has 2 aromatic rings. The van der Waals surface area contributed by atoms with Crippen LogP contribution < -0.4 is 10.6 Å². The number of ketones is 1. The van der Waals surface area contributed by atoms with Crippen LogP contribution >= 0.6 is 23.4 Å². The number of thioether (sulfide) groups is 1. The number of aryl methyl sites for hydroxylation is 1. The number of nitrogens with one attached hydrogen (secondary N) is 2. The van der Waals surface area contributed by atoms with E-state index >= 15 is 0 Å². The molecule has 0 spiro atoms. The summed E-state index contributed by atoms with van der Waals surface area (Å²) in [4.78, 5) is 25.4. The molecular weight excluding hydrogens is 442 g/mol. The van der Waals surface area contributed by atoms with Crippen molar-refractivity contribution in [2.45, 2.75) is 32.1 Å². The molecule has 2 N–H and O–H groups in total. The van der Waals surface area contributed by atoms with Crippen LogP contribution in [0.5, 0.6) is 0 Å². The predicted octanol–water partition coefficient (Wildman–Crippen LogP) is 5.45. The molecule has 0 fully saturated rings. The summed E-state index contributed by atoms with van der Waals surface area (Å²) < 4.78 is 0. The molecule has 1 atom stereocenters. The lowest BCUT2D eigenvalue weighted by Crippen LogP contribution is -2.32. The van der Waals surface area contributed by atoms with Gasteiger partial charge in [-0.2, -0.15) is 5.26 Å². The third kappa shape index (κ3) is 4.59. The molecule has 162 valence electrons. The molecule has 2 aliphatic rings. The van der Waals surface area contributed by atoms with E-state index in [1.807, 2.05) is 31.2 Å². The summed E-state index contributed by atoms with van der Waals surface area (Å²) in [7, 11) is 0. The fraction of sp³-hybridized carbons (Fsp3) is 0.240. The summed E-state index contributed by atoms with van der Waals surface area (Å²) >= 11 is 7.26. The van der Waals surface area contributed by atoms with Crippen LogP contribution in [0.15, 0.2) is 70.4 Å². The van der Waals surface area contributed by atoms with Crippen molar-refractivity contribution in [3.63, 3.8) is 0 Å². The topological polar surface area (TPSA) is 82.0 Å². The number of halogens is 1. The summed E-state index contributed by atoms with van der Waals surface area (Å²) in [6.07, 6.45) is 2.02. The van der Waals surface area contributed by atoms with E-state index in [9.17, 15) is 14.9 Å². The fourth-order valence-electron chi connectivity index (χ4n) is 4.16. The molecule has 1 aliphatic heterocycles. The van der Waals surface area contributed by atoms with Crippen LogP contribution in [0.2, 0.25) is 5.02 Å². The molecular formula is C25H22ClN3O2S. The Bertz CT molecular complexity index is 1200. The highest BCUT2D eigenvalue weighted by atomic mass is 35.5. The van der Waals surface area contributed by atoms with E-state index in [4.69, 9.17) is 11.6 Å². The quantitative estimate of drug-likeness (QED) is 0.616. The van der Waals surface area contributed by atoms with Crippen molar-refractivity contribution in [2.75, 3.05) is 11.1 Å². The first-order valence-electron chi connectivity index (χ1n) is 10.4. The summed E-state index contributed by atoms with van der Waals surface area (Å²) in [5, 5.41) is 17.4. The van der Waals surface area contributed by atoms with Crippen molar-refractivity contribution in [3.05, 3.63) is 86.6 Å². The number of nitrogens with zero attached hydrogens (tertiary/aromatic N) is 1. The first-order valence-corrected chi connectivity index (χ1v) is 11.8. The Morgan fingerprint density at radius 1 is 1.25 bits per heavy atom. The second kappa shape index (κ2) is 9.64. The molecule has 0 radical (unpaired) electrons. The molecule has 1 amide bonds. The van der Waals surface area contributed by atoms with Crippen molar-refractivity contribution >= 4 is 40.7 Å². The van der Waals surface area contributed by atoms with Crippen molar-refractivity contribution < 1.29 is 9.59 Å². The van der Waals surface area contributed by atoms with E-state index in [1.54, 1.807) is 24.3 Å². The first kappa shape index (κ1) is 22.2. The smallest absolute Gasteiger partial charge is 0.234 e. The molecule has 0 unspecified atom stereocenters. The normalized spacial score (nSPS) is 18.0. The number of carbonyl (C=O) groups is 2. The van der Waals surface area contributed by atoms with Gasteiger partial charge >= 0.3 is 0 Å². The van der Waals surface area contributed by atoms with Gasteiger partial charge in [-0.3, -0.25) is 9.59 Å². The number of nitriles is 1. The average molecular weight is 464 g/mol. The number of dihydropyridines is 1. The number of allylic oxidation sites excluding steroid dienone is 3.